The SMILES string of the molecule is Cc1cccc(N2C[C@H](C(=O)Nc3ccc(N4CCOCC4)nc3)CC2=O)c1C. The number of anilines is 3. The quantitative estimate of drug-likeness (QED) is 0.863. The molecule has 4 rings (SSSR count). The molecular formula is C22H26N4O3. The van der Waals surface area contributed by atoms with E-state index in [2.05, 4.69) is 15.2 Å². The number of hydrogen-bond acceptors (Lipinski definition) is 5. The lowest BCUT2D eigenvalue weighted by atomic mass is 10.1. The second-order valence-corrected chi connectivity index (χ2v) is 7.62. The summed E-state index contributed by atoms with van der Waals surface area (Å²) in [5.41, 5.74) is 3.74. The van der Waals surface area contributed by atoms with Crippen LogP contribution in [0.1, 0.15) is 17.5 Å². The van der Waals surface area contributed by atoms with Crippen molar-refractivity contribution in [3.63, 3.8) is 0 Å². The van der Waals surface area contributed by atoms with Crippen molar-refractivity contribution in [2.75, 3.05) is 48.0 Å². The first-order valence-corrected chi connectivity index (χ1v) is 9.99. The molecular weight excluding hydrogens is 368 g/mol. The van der Waals surface area contributed by atoms with Crippen molar-refractivity contribution in [1.82, 2.24) is 4.98 Å². The summed E-state index contributed by atoms with van der Waals surface area (Å²) < 4.78 is 5.36. The number of amides is 2. The first kappa shape index (κ1) is 19.4. The van der Waals surface area contributed by atoms with E-state index in [9.17, 15) is 9.59 Å². The highest BCUT2D eigenvalue weighted by atomic mass is 16.5. The zero-order chi connectivity index (χ0) is 20.4. The maximum absolute atomic E-state index is 12.7. The number of aromatic nitrogens is 1. The van der Waals surface area contributed by atoms with Gasteiger partial charge in [-0.05, 0) is 43.2 Å². The largest absolute Gasteiger partial charge is 0.378 e. The molecule has 0 unspecified atom stereocenters. The van der Waals surface area contributed by atoms with Gasteiger partial charge in [-0.2, -0.15) is 0 Å². The highest BCUT2D eigenvalue weighted by Crippen LogP contribution is 2.30. The summed E-state index contributed by atoms with van der Waals surface area (Å²) in [6.07, 6.45) is 1.89. The van der Waals surface area contributed by atoms with Gasteiger partial charge in [0.1, 0.15) is 5.82 Å². The highest BCUT2D eigenvalue weighted by molar-refractivity contribution is 6.03. The molecule has 0 radical (unpaired) electrons. The standard InChI is InChI=1S/C22H26N4O3/c1-15-4-3-5-19(16(15)2)26-14-17(12-21(26)27)22(28)24-18-6-7-20(23-13-18)25-8-10-29-11-9-25/h3-7,13,17H,8-12,14H2,1-2H3,(H,24,28)/t17-/m1/s1. The number of aryl methyl sites for hydroxylation is 1. The normalized spacial score (nSPS) is 19.5. The van der Waals surface area contributed by atoms with E-state index >= 15 is 0 Å². The molecule has 3 heterocycles. The fourth-order valence-electron chi connectivity index (χ4n) is 3.83. The van der Waals surface area contributed by atoms with Gasteiger partial charge in [0.05, 0.1) is 31.0 Å². The summed E-state index contributed by atoms with van der Waals surface area (Å²) in [5, 5.41) is 2.91. The zero-order valence-corrected chi connectivity index (χ0v) is 16.9. The van der Waals surface area contributed by atoms with Crippen LogP contribution in [0.5, 0.6) is 0 Å². The topological polar surface area (TPSA) is 74.8 Å². The van der Waals surface area contributed by atoms with Crippen LogP contribution in [0, 0.1) is 19.8 Å². The van der Waals surface area contributed by atoms with Crippen molar-refractivity contribution in [1.29, 1.82) is 0 Å². The van der Waals surface area contributed by atoms with Gasteiger partial charge in [0.2, 0.25) is 11.8 Å². The average molecular weight is 394 g/mol. The third-order valence-corrected chi connectivity index (χ3v) is 5.71. The minimum atomic E-state index is -0.374. The number of carbonyl (C=O) groups is 2. The second-order valence-electron chi connectivity index (χ2n) is 7.62. The van der Waals surface area contributed by atoms with Gasteiger partial charge in [-0.15, -0.1) is 0 Å². The molecule has 1 aromatic heterocycles. The molecule has 2 fully saturated rings. The summed E-state index contributed by atoms with van der Waals surface area (Å²) in [6, 6.07) is 9.67. The van der Waals surface area contributed by atoms with E-state index in [1.54, 1.807) is 11.1 Å². The van der Waals surface area contributed by atoms with Gasteiger partial charge in [0.25, 0.3) is 0 Å². The molecule has 7 nitrogen and oxygen atoms in total. The Bertz CT molecular complexity index is 907. The lowest BCUT2D eigenvalue weighted by Gasteiger charge is -2.27. The maximum atomic E-state index is 12.7. The molecule has 1 N–H and O–H groups in total. The molecule has 1 atom stereocenters. The minimum absolute atomic E-state index is 0.0142. The van der Waals surface area contributed by atoms with Crippen LogP contribution in [0.25, 0.3) is 0 Å². The summed E-state index contributed by atoms with van der Waals surface area (Å²) in [4.78, 5) is 33.6. The Morgan fingerprint density at radius 2 is 1.97 bits per heavy atom. The molecule has 2 aliphatic heterocycles. The molecule has 0 aliphatic carbocycles. The van der Waals surface area contributed by atoms with Crippen LogP contribution < -0.4 is 15.1 Å². The number of morpholine rings is 1. The van der Waals surface area contributed by atoms with Crippen LogP contribution in [0.3, 0.4) is 0 Å². The van der Waals surface area contributed by atoms with Gasteiger partial charge in [-0.1, -0.05) is 12.1 Å². The number of nitrogens with zero attached hydrogens (tertiary/aromatic N) is 3. The van der Waals surface area contributed by atoms with E-state index in [1.807, 2.05) is 44.2 Å². The fourth-order valence-corrected chi connectivity index (χ4v) is 3.83. The molecule has 29 heavy (non-hydrogen) atoms. The molecule has 0 saturated carbocycles. The molecule has 7 heteroatoms. The van der Waals surface area contributed by atoms with Crippen molar-refractivity contribution in [3.8, 4) is 0 Å². The number of rotatable bonds is 4. The average Bonchev–Trinajstić information content (AvgIpc) is 3.13. The summed E-state index contributed by atoms with van der Waals surface area (Å²) in [5.74, 6) is 0.344. The zero-order valence-electron chi connectivity index (χ0n) is 16.9. The van der Waals surface area contributed by atoms with Crippen LogP contribution in [0.2, 0.25) is 0 Å². The van der Waals surface area contributed by atoms with E-state index < -0.39 is 0 Å². The number of ether oxygens (including phenoxy) is 1. The first-order chi connectivity index (χ1) is 14.0. The van der Waals surface area contributed by atoms with Crippen LogP contribution >= 0.6 is 0 Å². The van der Waals surface area contributed by atoms with Gasteiger partial charge >= 0.3 is 0 Å². The van der Waals surface area contributed by atoms with Crippen LogP contribution in [-0.4, -0.2) is 49.6 Å². The monoisotopic (exact) mass is 394 g/mol. The van der Waals surface area contributed by atoms with Gasteiger partial charge in [-0.3, -0.25) is 9.59 Å². The van der Waals surface area contributed by atoms with Crippen molar-refractivity contribution in [2.24, 2.45) is 5.92 Å². The lowest BCUT2D eigenvalue weighted by Crippen LogP contribution is -2.36. The number of pyridine rings is 1. The van der Waals surface area contributed by atoms with E-state index in [-0.39, 0.29) is 24.2 Å². The number of nitrogens with one attached hydrogen (secondary N) is 1. The first-order valence-electron chi connectivity index (χ1n) is 9.99. The Labute approximate surface area is 170 Å². The Balaban J connectivity index is 1.40. The van der Waals surface area contributed by atoms with E-state index in [0.717, 1.165) is 35.7 Å². The van der Waals surface area contributed by atoms with E-state index in [0.29, 0.717) is 25.4 Å². The summed E-state index contributed by atoms with van der Waals surface area (Å²) in [6.45, 7) is 7.46. The smallest absolute Gasteiger partial charge is 0.229 e. The third-order valence-electron chi connectivity index (χ3n) is 5.71. The van der Waals surface area contributed by atoms with Gasteiger partial charge < -0.3 is 19.9 Å². The Hall–Kier alpha value is -2.93. The molecule has 152 valence electrons. The Morgan fingerprint density at radius 1 is 1.17 bits per heavy atom. The fraction of sp³-hybridized carbons (Fsp3) is 0.409. The van der Waals surface area contributed by atoms with E-state index in [4.69, 9.17) is 4.74 Å². The van der Waals surface area contributed by atoms with Gasteiger partial charge in [0, 0.05) is 31.7 Å². The summed E-state index contributed by atoms with van der Waals surface area (Å²) >= 11 is 0. The molecule has 2 aliphatic rings. The molecule has 2 saturated heterocycles. The maximum Gasteiger partial charge on any atom is 0.229 e. The number of benzene rings is 1. The van der Waals surface area contributed by atoms with Crippen molar-refractivity contribution < 1.29 is 14.3 Å². The molecule has 2 amide bonds. The molecule has 0 bridgehead atoms. The van der Waals surface area contributed by atoms with E-state index in [1.165, 1.54) is 0 Å². The predicted octanol–water partition coefficient (Wildman–Crippen LogP) is 2.53. The molecule has 1 aromatic carbocycles. The predicted molar refractivity (Wildman–Crippen MR) is 112 cm³/mol. The Kier molecular flexibility index (Phi) is 5.49. The van der Waals surface area contributed by atoms with Gasteiger partial charge in [0.15, 0.2) is 0 Å². The van der Waals surface area contributed by atoms with Gasteiger partial charge in [-0.25, -0.2) is 4.98 Å². The van der Waals surface area contributed by atoms with Crippen molar-refractivity contribution in [2.45, 2.75) is 20.3 Å². The summed E-state index contributed by atoms with van der Waals surface area (Å²) in [7, 11) is 0. The number of carbonyl (C=O) groups excluding carboxylic acids is 2. The molecule has 2 aromatic rings. The van der Waals surface area contributed by atoms with Crippen LogP contribution in [0.4, 0.5) is 17.2 Å². The number of hydrogen-bond donors (Lipinski definition) is 1. The third kappa shape index (κ3) is 4.10. The highest BCUT2D eigenvalue weighted by Gasteiger charge is 2.35. The Morgan fingerprint density at radius 3 is 2.69 bits per heavy atom. The minimum Gasteiger partial charge on any atom is -0.378 e. The van der Waals surface area contributed by atoms with Crippen molar-refractivity contribution >= 4 is 29.0 Å². The molecule has 0 spiro atoms. The lowest BCUT2D eigenvalue weighted by molar-refractivity contribution is -0.122. The second kappa shape index (κ2) is 8.21. The van der Waals surface area contributed by atoms with Crippen molar-refractivity contribution in [3.05, 3.63) is 47.7 Å². The van der Waals surface area contributed by atoms with Crippen LogP contribution in [0.15, 0.2) is 36.5 Å². The van der Waals surface area contributed by atoms with Crippen LogP contribution in [-0.2, 0) is 14.3 Å².